The van der Waals surface area contributed by atoms with Crippen molar-refractivity contribution in [2.75, 3.05) is 44.8 Å². The molecule has 1 spiro atoms. The molecule has 36 heavy (non-hydrogen) atoms. The fraction of sp³-hybridized carbons (Fsp3) is 0.458. The van der Waals surface area contributed by atoms with Gasteiger partial charge in [-0.05, 0) is 50.9 Å². The van der Waals surface area contributed by atoms with Crippen LogP contribution in [-0.4, -0.2) is 71.8 Å². The van der Waals surface area contributed by atoms with Gasteiger partial charge in [-0.2, -0.15) is 0 Å². The van der Waals surface area contributed by atoms with Crippen LogP contribution in [0.5, 0.6) is 5.75 Å². The van der Waals surface area contributed by atoms with Crippen molar-refractivity contribution < 1.29 is 14.3 Å². The van der Waals surface area contributed by atoms with Gasteiger partial charge < -0.3 is 31.2 Å². The average Bonchev–Trinajstić information content (AvgIpc) is 3.25. The quantitative estimate of drug-likeness (QED) is 0.418. The number of aliphatic imine (C=N–C) groups is 1. The Kier molecular flexibility index (Phi) is 9.43. The molecule has 0 atom stereocenters. The number of nitrogens with one attached hydrogen (secondary N) is 2. The summed E-state index contributed by atoms with van der Waals surface area (Å²) < 4.78 is 5.30. The zero-order chi connectivity index (χ0) is 26.1. The molecule has 2 aromatic rings. The number of aryl methyl sites for hydroxylation is 1. The van der Waals surface area contributed by atoms with Crippen LogP contribution < -0.4 is 26.8 Å². The smallest absolute Gasteiger partial charge is 0.280 e. The Balaban J connectivity index is 0.000000236. The number of halogens is 1. The topological polar surface area (TPSA) is 161 Å². The lowest BCUT2D eigenvalue weighted by molar-refractivity contribution is -0.107. The van der Waals surface area contributed by atoms with E-state index in [9.17, 15) is 9.59 Å². The van der Waals surface area contributed by atoms with Gasteiger partial charge in [0.25, 0.3) is 5.91 Å². The third-order valence-electron chi connectivity index (χ3n) is 6.00. The van der Waals surface area contributed by atoms with Crippen molar-refractivity contribution in [2.45, 2.75) is 38.1 Å². The van der Waals surface area contributed by atoms with Gasteiger partial charge in [-0.25, -0.2) is 9.97 Å². The Hall–Kier alpha value is -3.44. The fourth-order valence-electron chi connectivity index (χ4n) is 3.88. The van der Waals surface area contributed by atoms with Gasteiger partial charge in [-0.15, -0.1) is 0 Å². The highest BCUT2D eigenvalue weighted by molar-refractivity contribution is 6.31. The summed E-state index contributed by atoms with van der Waals surface area (Å²) in [7, 11) is 2.09. The van der Waals surface area contributed by atoms with Crippen molar-refractivity contribution in [1.82, 2.24) is 25.5 Å². The predicted octanol–water partition coefficient (Wildman–Crippen LogP) is 1.66. The molecule has 11 nitrogen and oxygen atoms in total. The van der Waals surface area contributed by atoms with Crippen molar-refractivity contribution >= 4 is 41.4 Å². The maximum atomic E-state index is 12.3. The average molecular weight is 517 g/mol. The highest BCUT2D eigenvalue weighted by Crippen LogP contribution is 2.25. The van der Waals surface area contributed by atoms with Crippen LogP contribution in [0.3, 0.4) is 0 Å². The Morgan fingerprint density at radius 1 is 1.22 bits per heavy atom. The van der Waals surface area contributed by atoms with Crippen molar-refractivity contribution in [1.29, 1.82) is 0 Å². The van der Waals surface area contributed by atoms with Crippen molar-refractivity contribution in [3.05, 3.63) is 40.7 Å². The van der Waals surface area contributed by atoms with E-state index in [4.69, 9.17) is 27.8 Å². The van der Waals surface area contributed by atoms with Crippen LogP contribution in [0, 0.1) is 0 Å². The SMILES string of the molecule is CCOc1ccc(CCC=O)cc1.CN1CCC2(CC1)CN=C(NC(=O)c1nc(Cl)c(N)nc1N)N2. The number of aldehydes is 1. The van der Waals surface area contributed by atoms with E-state index < -0.39 is 5.91 Å². The summed E-state index contributed by atoms with van der Waals surface area (Å²) in [5.74, 6) is 0.707. The molecular weight excluding hydrogens is 484 g/mol. The highest BCUT2D eigenvalue weighted by atomic mass is 35.5. The number of likely N-dealkylation sites (tertiary alicyclic amines) is 1. The third-order valence-corrected chi connectivity index (χ3v) is 6.28. The molecule has 0 saturated carbocycles. The first kappa shape index (κ1) is 27.2. The van der Waals surface area contributed by atoms with E-state index in [0.29, 0.717) is 25.5 Å². The molecule has 4 rings (SSSR count). The van der Waals surface area contributed by atoms with Gasteiger partial charge in [0, 0.05) is 19.5 Å². The highest BCUT2D eigenvalue weighted by Gasteiger charge is 2.38. The van der Waals surface area contributed by atoms with Crippen LogP contribution in [0.4, 0.5) is 11.6 Å². The number of rotatable bonds is 6. The fourth-order valence-corrected chi connectivity index (χ4v) is 4.01. The van der Waals surface area contributed by atoms with Gasteiger partial charge in [-0.3, -0.25) is 15.1 Å². The van der Waals surface area contributed by atoms with Gasteiger partial charge >= 0.3 is 0 Å². The summed E-state index contributed by atoms with van der Waals surface area (Å²) >= 11 is 5.79. The molecule has 0 aliphatic carbocycles. The number of aromatic nitrogens is 2. The van der Waals surface area contributed by atoms with Crippen molar-refractivity contribution in [3.8, 4) is 5.75 Å². The molecule has 1 aromatic heterocycles. The number of nitrogens with zero attached hydrogens (tertiary/aromatic N) is 4. The third kappa shape index (κ3) is 7.28. The number of ether oxygens (including phenoxy) is 1. The summed E-state index contributed by atoms with van der Waals surface area (Å²) in [5, 5.41) is 5.93. The van der Waals surface area contributed by atoms with Crippen molar-refractivity contribution in [3.63, 3.8) is 0 Å². The molecule has 1 fully saturated rings. The van der Waals surface area contributed by atoms with E-state index in [1.54, 1.807) is 0 Å². The van der Waals surface area contributed by atoms with Crippen LogP contribution in [-0.2, 0) is 11.2 Å². The summed E-state index contributed by atoms with van der Waals surface area (Å²) in [4.78, 5) is 36.7. The molecule has 12 heteroatoms. The van der Waals surface area contributed by atoms with Crippen LogP contribution >= 0.6 is 11.6 Å². The second kappa shape index (κ2) is 12.5. The largest absolute Gasteiger partial charge is 0.494 e. The summed E-state index contributed by atoms with van der Waals surface area (Å²) in [6.45, 7) is 5.28. The number of nitrogen functional groups attached to an aromatic ring is 2. The molecule has 1 amide bonds. The molecule has 3 heterocycles. The molecule has 0 unspecified atom stereocenters. The number of carbonyl (C=O) groups excluding carboxylic acids is 2. The van der Waals surface area contributed by atoms with E-state index in [1.165, 1.54) is 5.56 Å². The number of carbonyl (C=O) groups is 2. The molecule has 1 saturated heterocycles. The molecular formula is C24H33ClN8O3. The number of guanidine groups is 1. The molecule has 2 aliphatic rings. The van der Waals surface area contributed by atoms with Crippen LogP contribution in [0.1, 0.15) is 42.2 Å². The first-order valence-electron chi connectivity index (χ1n) is 11.8. The summed E-state index contributed by atoms with van der Waals surface area (Å²) in [6, 6.07) is 7.86. The van der Waals surface area contributed by atoms with Crippen LogP contribution in [0.15, 0.2) is 29.3 Å². The zero-order valence-electron chi connectivity index (χ0n) is 20.6. The second-order valence-electron chi connectivity index (χ2n) is 8.74. The summed E-state index contributed by atoms with van der Waals surface area (Å²) in [5.41, 5.74) is 12.2. The molecule has 1 aromatic carbocycles. The lowest BCUT2D eigenvalue weighted by atomic mass is 9.88. The number of piperidine rings is 1. The monoisotopic (exact) mass is 516 g/mol. The summed E-state index contributed by atoms with van der Waals surface area (Å²) in [6.07, 6.45) is 4.30. The normalized spacial score (nSPS) is 16.4. The minimum atomic E-state index is -0.520. The number of hydrogen-bond acceptors (Lipinski definition) is 10. The number of hydrogen-bond donors (Lipinski definition) is 4. The first-order chi connectivity index (χ1) is 17.2. The number of nitrogens with two attached hydrogens (primary N) is 2. The lowest BCUT2D eigenvalue weighted by Crippen LogP contribution is -2.55. The van der Waals surface area contributed by atoms with E-state index >= 15 is 0 Å². The van der Waals surface area contributed by atoms with Crippen LogP contribution in [0.2, 0.25) is 5.15 Å². The first-order valence-corrected chi connectivity index (χ1v) is 12.2. The molecule has 6 N–H and O–H groups in total. The standard InChI is InChI=1S/C13H19ClN8O.C11H14O2/c1-22-4-2-13(3-5-22)6-17-12(21-13)20-11(23)7-9(15)19-10(16)8(14)18-7;1-2-13-11-7-5-10(6-8-11)4-3-9-12/h2-6H2,1H3,(H4,15,16,19)(H2,17,20,21,23);5-9H,2-4H2,1H3. The molecule has 194 valence electrons. The maximum absolute atomic E-state index is 12.3. The van der Waals surface area contributed by atoms with Gasteiger partial charge in [0.05, 0.1) is 18.7 Å². The molecule has 0 bridgehead atoms. The lowest BCUT2D eigenvalue weighted by Gasteiger charge is -2.37. The van der Waals surface area contributed by atoms with Gasteiger partial charge in [-0.1, -0.05) is 23.7 Å². The number of anilines is 2. The molecule has 0 radical (unpaired) electrons. The number of benzene rings is 1. The van der Waals surface area contributed by atoms with Crippen molar-refractivity contribution in [2.24, 2.45) is 4.99 Å². The Labute approximate surface area is 215 Å². The minimum absolute atomic E-state index is 0.0117. The minimum Gasteiger partial charge on any atom is -0.494 e. The van der Waals surface area contributed by atoms with Gasteiger partial charge in [0.1, 0.15) is 12.0 Å². The van der Waals surface area contributed by atoms with E-state index in [1.807, 2.05) is 31.2 Å². The Morgan fingerprint density at radius 2 is 1.92 bits per heavy atom. The van der Waals surface area contributed by atoms with Gasteiger partial charge in [0.2, 0.25) is 0 Å². The van der Waals surface area contributed by atoms with E-state index in [0.717, 1.165) is 44.4 Å². The van der Waals surface area contributed by atoms with Crippen LogP contribution in [0.25, 0.3) is 0 Å². The maximum Gasteiger partial charge on any atom is 0.280 e. The second-order valence-corrected chi connectivity index (χ2v) is 9.10. The molecule has 2 aliphatic heterocycles. The Morgan fingerprint density at radius 3 is 2.56 bits per heavy atom. The van der Waals surface area contributed by atoms with E-state index in [2.05, 4.69) is 37.5 Å². The predicted molar refractivity (Wildman–Crippen MR) is 140 cm³/mol. The van der Waals surface area contributed by atoms with E-state index in [-0.39, 0.29) is 28.0 Å². The van der Waals surface area contributed by atoms with Gasteiger partial charge in [0.15, 0.2) is 28.4 Å². The Bertz CT molecular complexity index is 1090. The number of amides is 1. The zero-order valence-corrected chi connectivity index (χ0v) is 21.3.